The molecule has 26 heavy (non-hydrogen) atoms. The predicted octanol–water partition coefficient (Wildman–Crippen LogP) is 3.04. The van der Waals surface area contributed by atoms with Gasteiger partial charge in [0.15, 0.2) is 0 Å². The average Bonchev–Trinajstić information content (AvgIpc) is 3.02. The Labute approximate surface area is 161 Å². The molecule has 1 aromatic carbocycles. The third-order valence-corrected chi connectivity index (χ3v) is 4.82. The highest BCUT2D eigenvalue weighted by Gasteiger charge is 2.12. The number of rotatable bonds is 6. The Hall–Kier alpha value is -1.92. The summed E-state index contributed by atoms with van der Waals surface area (Å²) in [5, 5.41) is 10.7. The summed E-state index contributed by atoms with van der Waals surface area (Å²) in [5.41, 5.74) is 2.61. The van der Waals surface area contributed by atoms with E-state index in [1.807, 2.05) is 25.1 Å². The van der Waals surface area contributed by atoms with E-state index in [0.717, 1.165) is 17.8 Å². The first-order valence-corrected chi connectivity index (χ1v) is 9.21. The molecule has 0 bridgehead atoms. The van der Waals surface area contributed by atoms with Gasteiger partial charge in [0.05, 0.1) is 5.69 Å². The van der Waals surface area contributed by atoms with E-state index >= 15 is 0 Å². The largest absolute Gasteiger partial charge is 0.351 e. The van der Waals surface area contributed by atoms with Crippen LogP contribution in [0.1, 0.15) is 54.4 Å². The second kappa shape index (κ2) is 10.3. The smallest absolute Gasteiger partial charge is 0.251 e. The second-order valence-corrected chi connectivity index (χ2v) is 6.74. The third-order valence-electron chi connectivity index (χ3n) is 4.82. The van der Waals surface area contributed by atoms with Gasteiger partial charge in [0.1, 0.15) is 12.7 Å². The van der Waals surface area contributed by atoms with Gasteiger partial charge in [-0.1, -0.05) is 25.7 Å². The summed E-state index contributed by atoms with van der Waals surface area (Å²) < 4.78 is 1.70. The highest BCUT2D eigenvalue weighted by molar-refractivity contribution is 5.94. The predicted molar refractivity (Wildman–Crippen MR) is 105 cm³/mol. The summed E-state index contributed by atoms with van der Waals surface area (Å²) in [6.45, 7) is 3.45. The Balaban J connectivity index is 0.00000243. The van der Waals surface area contributed by atoms with Crippen molar-refractivity contribution in [3.05, 3.63) is 42.0 Å². The zero-order valence-electron chi connectivity index (χ0n) is 15.3. The first kappa shape index (κ1) is 20.4. The van der Waals surface area contributed by atoms with Gasteiger partial charge in [-0.25, -0.2) is 9.67 Å². The van der Waals surface area contributed by atoms with Gasteiger partial charge < -0.3 is 10.6 Å². The summed E-state index contributed by atoms with van der Waals surface area (Å²) in [6.07, 6.45) is 11.0. The average molecular weight is 378 g/mol. The Bertz CT molecular complexity index is 681. The Morgan fingerprint density at radius 1 is 1.19 bits per heavy atom. The van der Waals surface area contributed by atoms with Crippen molar-refractivity contribution in [3.63, 3.8) is 0 Å². The number of aryl methyl sites for hydroxylation is 1. The third kappa shape index (κ3) is 5.54. The molecule has 1 fully saturated rings. The number of benzene rings is 1. The highest BCUT2D eigenvalue weighted by atomic mass is 35.5. The fourth-order valence-electron chi connectivity index (χ4n) is 3.42. The minimum atomic E-state index is -0.0316. The maximum atomic E-state index is 12.3. The van der Waals surface area contributed by atoms with Crippen molar-refractivity contribution < 1.29 is 4.79 Å². The molecular weight excluding hydrogens is 350 g/mol. The molecule has 1 aliphatic rings. The lowest BCUT2D eigenvalue weighted by Gasteiger charge is -2.16. The first-order chi connectivity index (χ1) is 12.2. The number of halogens is 1. The minimum Gasteiger partial charge on any atom is -0.351 e. The van der Waals surface area contributed by atoms with Crippen LogP contribution in [0.2, 0.25) is 0 Å². The van der Waals surface area contributed by atoms with Crippen LogP contribution in [0.15, 0.2) is 30.9 Å². The number of carbonyl (C=O) groups excluding carboxylic acids is 1. The fourth-order valence-corrected chi connectivity index (χ4v) is 3.42. The van der Waals surface area contributed by atoms with E-state index < -0.39 is 0 Å². The monoisotopic (exact) mass is 377 g/mol. The van der Waals surface area contributed by atoms with E-state index in [2.05, 4.69) is 20.7 Å². The van der Waals surface area contributed by atoms with Crippen molar-refractivity contribution >= 4 is 18.3 Å². The molecule has 0 spiro atoms. The summed E-state index contributed by atoms with van der Waals surface area (Å²) >= 11 is 0. The van der Waals surface area contributed by atoms with Crippen molar-refractivity contribution in [2.45, 2.75) is 51.5 Å². The Morgan fingerprint density at radius 3 is 2.62 bits per heavy atom. The maximum Gasteiger partial charge on any atom is 0.251 e. The minimum absolute atomic E-state index is 0. The maximum absolute atomic E-state index is 12.3. The quantitative estimate of drug-likeness (QED) is 0.599. The van der Waals surface area contributed by atoms with E-state index in [9.17, 15) is 4.79 Å². The van der Waals surface area contributed by atoms with E-state index in [1.54, 1.807) is 11.0 Å². The van der Waals surface area contributed by atoms with Crippen LogP contribution in [0.5, 0.6) is 0 Å². The molecule has 1 amide bonds. The SMILES string of the molecule is Cc1cc(C(=O)NCCNC2CCCCCC2)ccc1-n1cncn1.Cl. The van der Waals surface area contributed by atoms with Crippen molar-refractivity contribution in [2.24, 2.45) is 0 Å². The van der Waals surface area contributed by atoms with Gasteiger partial charge in [-0.2, -0.15) is 5.10 Å². The number of nitrogens with one attached hydrogen (secondary N) is 2. The normalized spacial score (nSPS) is 15.1. The molecule has 0 saturated heterocycles. The molecule has 142 valence electrons. The van der Waals surface area contributed by atoms with Crippen molar-refractivity contribution in [1.29, 1.82) is 0 Å². The summed E-state index contributed by atoms with van der Waals surface area (Å²) in [7, 11) is 0. The number of carbonyl (C=O) groups is 1. The summed E-state index contributed by atoms with van der Waals surface area (Å²) in [4.78, 5) is 16.3. The molecule has 0 radical (unpaired) electrons. The van der Waals surface area contributed by atoms with Crippen LogP contribution in [0.4, 0.5) is 0 Å². The topological polar surface area (TPSA) is 71.8 Å². The van der Waals surface area contributed by atoms with Crippen LogP contribution in [0.3, 0.4) is 0 Å². The fraction of sp³-hybridized carbons (Fsp3) is 0.526. The molecule has 0 unspecified atom stereocenters. The molecule has 3 rings (SSSR count). The molecule has 0 atom stereocenters. The van der Waals surface area contributed by atoms with Crippen LogP contribution in [-0.4, -0.2) is 39.8 Å². The molecule has 6 nitrogen and oxygen atoms in total. The van der Waals surface area contributed by atoms with Crippen molar-refractivity contribution in [1.82, 2.24) is 25.4 Å². The van der Waals surface area contributed by atoms with Gasteiger partial charge in [0, 0.05) is 24.7 Å². The summed E-state index contributed by atoms with van der Waals surface area (Å²) in [6, 6.07) is 6.25. The van der Waals surface area contributed by atoms with Gasteiger partial charge in [-0.15, -0.1) is 12.4 Å². The van der Waals surface area contributed by atoms with Crippen LogP contribution in [0.25, 0.3) is 5.69 Å². The second-order valence-electron chi connectivity index (χ2n) is 6.74. The summed E-state index contributed by atoms with van der Waals surface area (Å²) in [5.74, 6) is -0.0316. The van der Waals surface area contributed by atoms with Crippen molar-refractivity contribution in [3.8, 4) is 5.69 Å². The lowest BCUT2D eigenvalue weighted by molar-refractivity contribution is 0.0953. The van der Waals surface area contributed by atoms with Crippen LogP contribution in [0, 0.1) is 6.92 Å². The number of amides is 1. The van der Waals surface area contributed by atoms with Crippen LogP contribution >= 0.6 is 12.4 Å². The van der Waals surface area contributed by atoms with E-state index in [1.165, 1.54) is 44.9 Å². The van der Waals surface area contributed by atoms with Crippen LogP contribution in [-0.2, 0) is 0 Å². The standard InChI is InChI=1S/C19H27N5O.ClH/c1-15-12-16(8-9-18(15)24-14-20-13-23-24)19(25)22-11-10-21-17-6-4-2-3-5-7-17;/h8-9,12-14,17,21H,2-7,10-11H2,1H3,(H,22,25);1H. The number of aromatic nitrogens is 3. The van der Waals surface area contributed by atoms with E-state index in [0.29, 0.717) is 18.2 Å². The Kier molecular flexibility index (Phi) is 8.06. The first-order valence-electron chi connectivity index (χ1n) is 9.21. The number of hydrogen-bond donors (Lipinski definition) is 2. The van der Waals surface area contributed by atoms with Gasteiger partial charge in [-0.05, 0) is 43.5 Å². The molecule has 1 saturated carbocycles. The van der Waals surface area contributed by atoms with Gasteiger partial charge in [0.25, 0.3) is 5.91 Å². The zero-order chi connectivity index (χ0) is 17.5. The van der Waals surface area contributed by atoms with Gasteiger partial charge in [-0.3, -0.25) is 4.79 Å². The Morgan fingerprint density at radius 2 is 1.96 bits per heavy atom. The number of nitrogens with zero attached hydrogens (tertiary/aromatic N) is 3. The van der Waals surface area contributed by atoms with E-state index in [-0.39, 0.29) is 18.3 Å². The molecule has 1 aromatic heterocycles. The van der Waals surface area contributed by atoms with E-state index in [4.69, 9.17) is 0 Å². The molecule has 7 heteroatoms. The highest BCUT2D eigenvalue weighted by Crippen LogP contribution is 2.17. The molecule has 2 N–H and O–H groups in total. The molecular formula is C19H28ClN5O. The molecule has 2 aromatic rings. The zero-order valence-corrected chi connectivity index (χ0v) is 16.1. The lowest BCUT2D eigenvalue weighted by Crippen LogP contribution is -2.36. The van der Waals surface area contributed by atoms with Crippen LogP contribution < -0.4 is 10.6 Å². The van der Waals surface area contributed by atoms with Crippen molar-refractivity contribution in [2.75, 3.05) is 13.1 Å². The lowest BCUT2D eigenvalue weighted by atomic mass is 10.1. The molecule has 1 heterocycles. The number of hydrogen-bond acceptors (Lipinski definition) is 4. The molecule has 0 aliphatic heterocycles. The molecule has 1 aliphatic carbocycles. The van der Waals surface area contributed by atoms with Gasteiger partial charge >= 0.3 is 0 Å². The van der Waals surface area contributed by atoms with Gasteiger partial charge in [0.2, 0.25) is 0 Å².